The number of carbonyl (C=O) groups is 1. The molecule has 1 amide bonds. The van der Waals surface area contributed by atoms with Crippen LogP contribution in [0.15, 0.2) is 47.4 Å². The number of nitrogens with zero attached hydrogens (tertiary/aromatic N) is 1. The standard InChI is InChI=1S/C21H27FN2O5S/c1-5-24(6-2)30(26,27)18-12-13-20(28-7-3)19(14-18)23-21(25)15(4)29-17-10-8-16(22)9-11-17/h8-15H,5-7H2,1-4H3,(H,23,25). The van der Waals surface area contributed by atoms with E-state index in [0.717, 1.165) is 0 Å². The summed E-state index contributed by atoms with van der Waals surface area (Å²) in [5.74, 6) is -0.232. The van der Waals surface area contributed by atoms with E-state index in [2.05, 4.69) is 5.32 Å². The Hall–Kier alpha value is -2.65. The van der Waals surface area contributed by atoms with Gasteiger partial charge >= 0.3 is 0 Å². The zero-order chi connectivity index (χ0) is 22.3. The molecule has 0 saturated carbocycles. The topological polar surface area (TPSA) is 84.9 Å². The third-order valence-electron chi connectivity index (χ3n) is 4.35. The Morgan fingerprint density at radius 1 is 1.10 bits per heavy atom. The normalized spacial score (nSPS) is 12.5. The SMILES string of the molecule is CCOc1ccc(S(=O)(=O)N(CC)CC)cc1NC(=O)C(C)Oc1ccc(F)cc1. The van der Waals surface area contributed by atoms with Crippen LogP contribution >= 0.6 is 0 Å². The van der Waals surface area contributed by atoms with Crippen LogP contribution in [0.2, 0.25) is 0 Å². The van der Waals surface area contributed by atoms with Crippen molar-refractivity contribution in [1.29, 1.82) is 0 Å². The minimum atomic E-state index is -3.70. The maximum Gasteiger partial charge on any atom is 0.265 e. The number of amides is 1. The molecule has 0 heterocycles. The van der Waals surface area contributed by atoms with Gasteiger partial charge < -0.3 is 14.8 Å². The lowest BCUT2D eigenvalue weighted by Gasteiger charge is -2.20. The molecule has 2 aromatic carbocycles. The average Bonchev–Trinajstić information content (AvgIpc) is 2.71. The Morgan fingerprint density at radius 3 is 2.30 bits per heavy atom. The van der Waals surface area contributed by atoms with Crippen molar-refractivity contribution in [3.8, 4) is 11.5 Å². The van der Waals surface area contributed by atoms with Gasteiger partial charge in [0, 0.05) is 13.1 Å². The molecule has 30 heavy (non-hydrogen) atoms. The molecule has 0 aromatic heterocycles. The van der Waals surface area contributed by atoms with Gasteiger partial charge in [0.15, 0.2) is 6.10 Å². The van der Waals surface area contributed by atoms with Crippen molar-refractivity contribution in [2.24, 2.45) is 0 Å². The highest BCUT2D eigenvalue weighted by Crippen LogP contribution is 2.29. The zero-order valence-electron chi connectivity index (χ0n) is 17.5. The van der Waals surface area contributed by atoms with E-state index in [1.807, 2.05) is 0 Å². The van der Waals surface area contributed by atoms with Gasteiger partial charge in [-0.05, 0) is 56.3 Å². The molecule has 164 valence electrons. The fourth-order valence-electron chi connectivity index (χ4n) is 2.77. The molecule has 0 saturated heterocycles. The number of hydrogen-bond donors (Lipinski definition) is 1. The number of anilines is 1. The smallest absolute Gasteiger partial charge is 0.265 e. The van der Waals surface area contributed by atoms with Crippen molar-refractivity contribution in [3.05, 3.63) is 48.3 Å². The van der Waals surface area contributed by atoms with E-state index in [1.54, 1.807) is 20.8 Å². The molecule has 0 radical (unpaired) electrons. The summed E-state index contributed by atoms with van der Waals surface area (Å²) in [6, 6.07) is 9.64. The minimum absolute atomic E-state index is 0.0528. The molecule has 0 spiro atoms. The number of carbonyl (C=O) groups excluding carboxylic acids is 1. The van der Waals surface area contributed by atoms with Gasteiger partial charge in [-0.25, -0.2) is 12.8 Å². The first-order chi connectivity index (χ1) is 14.2. The zero-order valence-corrected chi connectivity index (χ0v) is 18.3. The van der Waals surface area contributed by atoms with Crippen LogP contribution < -0.4 is 14.8 Å². The summed E-state index contributed by atoms with van der Waals surface area (Å²) in [4.78, 5) is 12.7. The second kappa shape index (κ2) is 10.4. The van der Waals surface area contributed by atoms with Gasteiger partial charge in [0.1, 0.15) is 17.3 Å². The second-order valence-corrected chi connectivity index (χ2v) is 8.32. The lowest BCUT2D eigenvalue weighted by atomic mass is 10.2. The number of sulfonamides is 1. The van der Waals surface area contributed by atoms with E-state index in [-0.39, 0.29) is 10.6 Å². The van der Waals surface area contributed by atoms with E-state index in [1.165, 1.54) is 53.7 Å². The molecule has 0 aliphatic carbocycles. The minimum Gasteiger partial charge on any atom is -0.492 e. The van der Waals surface area contributed by atoms with Crippen molar-refractivity contribution in [2.75, 3.05) is 25.0 Å². The predicted octanol–water partition coefficient (Wildman–Crippen LogP) is 3.66. The Balaban J connectivity index is 2.27. The maximum absolute atomic E-state index is 13.0. The van der Waals surface area contributed by atoms with Crippen LogP contribution in [-0.4, -0.2) is 44.4 Å². The molecule has 1 N–H and O–H groups in total. The number of halogens is 1. The molecular formula is C21H27FN2O5S. The van der Waals surface area contributed by atoms with E-state index in [9.17, 15) is 17.6 Å². The lowest BCUT2D eigenvalue weighted by molar-refractivity contribution is -0.122. The van der Waals surface area contributed by atoms with Crippen LogP contribution in [0.3, 0.4) is 0 Å². The molecular weight excluding hydrogens is 411 g/mol. The van der Waals surface area contributed by atoms with E-state index in [0.29, 0.717) is 31.2 Å². The molecule has 0 fully saturated rings. The number of nitrogens with one attached hydrogen (secondary N) is 1. The maximum atomic E-state index is 13.0. The first kappa shape index (κ1) is 23.6. The molecule has 2 aromatic rings. The van der Waals surface area contributed by atoms with E-state index < -0.39 is 27.9 Å². The fraction of sp³-hybridized carbons (Fsp3) is 0.381. The highest BCUT2D eigenvalue weighted by molar-refractivity contribution is 7.89. The van der Waals surface area contributed by atoms with Crippen molar-refractivity contribution in [3.63, 3.8) is 0 Å². The summed E-state index contributed by atoms with van der Waals surface area (Å²) < 4.78 is 51.1. The van der Waals surface area contributed by atoms with Gasteiger partial charge in [-0.1, -0.05) is 13.8 Å². The molecule has 2 rings (SSSR count). The van der Waals surface area contributed by atoms with Gasteiger partial charge in [-0.3, -0.25) is 4.79 Å². The number of ether oxygens (including phenoxy) is 2. The lowest BCUT2D eigenvalue weighted by Crippen LogP contribution is -2.31. The quantitative estimate of drug-likeness (QED) is 0.612. The monoisotopic (exact) mass is 438 g/mol. The summed E-state index contributed by atoms with van der Waals surface area (Å²) in [5, 5.41) is 2.67. The molecule has 0 aliphatic heterocycles. The summed E-state index contributed by atoms with van der Waals surface area (Å²) in [6.07, 6.45) is -0.909. The Labute approximate surface area is 176 Å². The van der Waals surface area contributed by atoms with Gasteiger partial charge in [0.25, 0.3) is 5.91 Å². The van der Waals surface area contributed by atoms with Gasteiger partial charge in [0.05, 0.1) is 17.2 Å². The first-order valence-corrected chi connectivity index (χ1v) is 11.2. The third kappa shape index (κ3) is 5.70. The second-order valence-electron chi connectivity index (χ2n) is 6.38. The molecule has 7 nitrogen and oxygen atoms in total. The Kier molecular flexibility index (Phi) is 8.19. The Bertz CT molecular complexity index is 960. The molecule has 1 unspecified atom stereocenters. The van der Waals surface area contributed by atoms with Crippen LogP contribution in [0.1, 0.15) is 27.7 Å². The highest BCUT2D eigenvalue weighted by Gasteiger charge is 2.24. The Morgan fingerprint density at radius 2 is 1.73 bits per heavy atom. The summed E-state index contributed by atoms with van der Waals surface area (Å²) in [7, 11) is -3.70. The highest BCUT2D eigenvalue weighted by atomic mass is 32.2. The number of hydrogen-bond acceptors (Lipinski definition) is 5. The number of rotatable bonds is 10. The van der Waals surface area contributed by atoms with Crippen molar-refractivity contribution >= 4 is 21.6 Å². The summed E-state index contributed by atoms with van der Waals surface area (Å²) in [5.41, 5.74) is 0.227. The van der Waals surface area contributed by atoms with Crippen LogP contribution in [0, 0.1) is 5.82 Å². The average molecular weight is 439 g/mol. The first-order valence-electron chi connectivity index (χ1n) is 9.72. The van der Waals surface area contributed by atoms with Gasteiger partial charge in [0.2, 0.25) is 10.0 Å². The van der Waals surface area contributed by atoms with Crippen LogP contribution in [0.25, 0.3) is 0 Å². The fourth-order valence-corrected chi connectivity index (χ4v) is 4.25. The van der Waals surface area contributed by atoms with Crippen molar-refractivity contribution in [2.45, 2.75) is 38.7 Å². The summed E-state index contributed by atoms with van der Waals surface area (Å²) in [6.45, 7) is 7.83. The summed E-state index contributed by atoms with van der Waals surface area (Å²) >= 11 is 0. The molecule has 9 heteroatoms. The molecule has 0 bridgehead atoms. The van der Waals surface area contributed by atoms with E-state index in [4.69, 9.17) is 9.47 Å². The van der Waals surface area contributed by atoms with Crippen molar-refractivity contribution < 1.29 is 27.1 Å². The number of benzene rings is 2. The van der Waals surface area contributed by atoms with Crippen LogP contribution in [-0.2, 0) is 14.8 Å². The largest absolute Gasteiger partial charge is 0.492 e. The van der Waals surface area contributed by atoms with Crippen LogP contribution in [0.5, 0.6) is 11.5 Å². The van der Waals surface area contributed by atoms with Gasteiger partial charge in [-0.15, -0.1) is 0 Å². The van der Waals surface area contributed by atoms with Crippen molar-refractivity contribution in [1.82, 2.24) is 4.31 Å². The van der Waals surface area contributed by atoms with Gasteiger partial charge in [-0.2, -0.15) is 4.31 Å². The van der Waals surface area contributed by atoms with E-state index >= 15 is 0 Å². The predicted molar refractivity (Wildman–Crippen MR) is 113 cm³/mol. The van der Waals surface area contributed by atoms with Crippen LogP contribution in [0.4, 0.5) is 10.1 Å². The molecule has 1 atom stereocenters. The third-order valence-corrected chi connectivity index (χ3v) is 6.39. The molecule has 0 aliphatic rings.